The number of para-hydroxylation sites is 2. The van der Waals surface area contributed by atoms with E-state index in [0.717, 1.165) is 39.0 Å². The van der Waals surface area contributed by atoms with E-state index in [0.29, 0.717) is 0 Å². The van der Waals surface area contributed by atoms with Crippen molar-refractivity contribution in [1.82, 2.24) is 0 Å². The number of nitrogens with zero attached hydrogens (tertiary/aromatic N) is 1. The molecular formula is C42H27NOS. The number of hydrogen-bond donors (Lipinski definition) is 0. The Morgan fingerprint density at radius 3 is 1.82 bits per heavy atom. The van der Waals surface area contributed by atoms with Gasteiger partial charge in [-0.2, -0.15) is 0 Å². The molecule has 0 aliphatic carbocycles. The molecule has 0 aliphatic rings. The lowest BCUT2D eigenvalue weighted by Gasteiger charge is -2.29. The second-order valence-electron chi connectivity index (χ2n) is 11.3. The molecular weight excluding hydrogens is 567 g/mol. The van der Waals surface area contributed by atoms with Gasteiger partial charge in [0, 0.05) is 31.1 Å². The lowest BCUT2D eigenvalue weighted by Crippen LogP contribution is -2.12. The second kappa shape index (κ2) is 10.5. The van der Waals surface area contributed by atoms with Gasteiger partial charge in [0.25, 0.3) is 0 Å². The van der Waals surface area contributed by atoms with Crippen LogP contribution in [0.5, 0.6) is 0 Å². The summed E-state index contributed by atoms with van der Waals surface area (Å²) in [5, 5.41) is 4.75. The molecule has 0 spiro atoms. The highest BCUT2D eigenvalue weighted by molar-refractivity contribution is 7.26. The zero-order valence-electron chi connectivity index (χ0n) is 24.4. The predicted octanol–water partition coefficient (Wildman–Crippen LogP) is 12.8. The Balaban J connectivity index is 1.34. The van der Waals surface area contributed by atoms with Gasteiger partial charge in [0.05, 0.1) is 22.4 Å². The zero-order valence-corrected chi connectivity index (χ0v) is 25.2. The highest BCUT2D eigenvalue weighted by Crippen LogP contribution is 2.49. The first kappa shape index (κ1) is 25.8. The number of hydrogen-bond acceptors (Lipinski definition) is 3. The van der Waals surface area contributed by atoms with Gasteiger partial charge in [-0.3, -0.25) is 0 Å². The van der Waals surface area contributed by atoms with Gasteiger partial charge in [-0.15, -0.1) is 11.3 Å². The van der Waals surface area contributed by atoms with Crippen molar-refractivity contribution in [3.05, 3.63) is 164 Å². The largest absolute Gasteiger partial charge is 0.456 e. The Labute approximate surface area is 265 Å². The fraction of sp³-hybridized carbons (Fsp3) is 0. The maximum atomic E-state index is 6.40. The van der Waals surface area contributed by atoms with Crippen molar-refractivity contribution in [2.24, 2.45) is 0 Å². The minimum atomic E-state index is 0.880. The Morgan fingerprint density at radius 2 is 0.956 bits per heavy atom. The molecule has 0 fully saturated rings. The van der Waals surface area contributed by atoms with Crippen LogP contribution < -0.4 is 4.90 Å². The van der Waals surface area contributed by atoms with Crippen molar-refractivity contribution in [3.8, 4) is 22.3 Å². The highest BCUT2D eigenvalue weighted by Gasteiger charge is 2.24. The molecule has 0 unspecified atom stereocenters. The van der Waals surface area contributed by atoms with Crippen molar-refractivity contribution in [2.45, 2.75) is 0 Å². The van der Waals surface area contributed by atoms with Crippen LogP contribution in [0.1, 0.15) is 0 Å². The van der Waals surface area contributed by atoms with Gasteiger partial charge < -0.3 is 9.32 Å². The zero-order chi connectivity index (χ0) is 29.7. The standard InChI is InChI=1S/C42H27NOS/c1-2-12-28(13-3-1)29-24-26-30(27-25-29)31-14-4-7-17-34(31)43(35-18-10-21-38-41(35)32-15-5-8-20-37(32)44-38)36-19-11-23-40-42(36)33-16-6-9-22-39(33)45-40/h1-27H. The van der Waals surface area contributed by atoms with Crippen LogP contribution in [0.4, 0.5) is 17.1 Å². The maximum Gasteiger partial charge on any atom is 0.137 e. The van der Waals surface area contributed by atoms with Gasteiger partial charge in [0.15, 0.2) is 0 Å². The summed E-state index contributed by atoms with van der Waals surface area (Å²) in [4.78, 5) is 2.45. The summed E-state index contributed by atoms with van der Waals surface area (Å²) in [5.74, 6) is 0. The maximum absolute atomic E-state index is 6.40. The van der Waals surface area contributed by atoms with Crippen LogP contribution in [0.3, 0.4) is 0 Å². The fourth-order valence-corrected chi connectivity index (χ4v) is 7.79. The Bertz CT molecular complexity index is 2370. The summed E-state index contributed by atoms with van der Waals surface area (Å²) < 4.78 is 8.96. The van der Waals surface area contributed by atoms with E-state index in [2.05, 4.69) is 163 Å². The molecule has 9 rings (SSSR count). The summed E-state index contributed by atoms with van der Waals surface area (Å²) in [5.41, 5.74) is 9.89. The van der Waals surface area contributed by atoms with Crippen LogP contribution in [0, 0.1) is 0 Å². The number of thiophene rings is 1. The van der Waals surface area contributed by atoms with E-state index in [9.17, 15) is 0 Å². The molecule has 0 saturated carbocycles. The van der Waals surface area contributed by atoms with E-state index >= 15 is 0 Å². The minimum Gasteiger partial charge on any atom is -0.456 e. The third-order valence-electron chi connectivity index (χ3n) is 8.69. The second-order valence-corrected chi connectivity index (χ2v) is 12.4. The Kier molecular flexibility index (Phi) is 6.03. The van der Waals surface area contributed by atoms with Crippen LogP contribution in [-0.2, 0) is 0 Å². The monoisotopic (exact) mass is 593 g/mol. The molecule has 0 bridgehead atoms. The van der Waals surface area contributed by atoms with Gasteiger partial charge in [-0.25, -0.2) is 0 Å². The SMILES string of the molecule is c1ccc(-c2ccc(-c3ccccc3N(c3cccc4oc5ccccc5c34)c3cccc4sc5ccccc5c34)cc2)cc1. The minimum absolute atomic E-state index is 0.880. The van der Waals surface area contributed by atoms with Gasteiger partial charge >= 0.3 is 0 Å². The van der Waals surface area contributed by atoms with E-state index in [1.54, 1.807) is 0 Å². The van der Waals surface area contributed by atoms with Crippen LogP contribution in [-0.4, -0.2) is 0 Å². The Hall–Kier alpha value is -5.64. The molecule has 0 radical (unpaired) electrons. The molecule has 0 amide bonds. The lowest BCUT2D eigenvalue weighted by molar-refractivity contribution is 0.669. The molecule has 0 N–H and O–H groups in total. The summed E-state index contributed by atoms with van der Waals surface area (Å²) in [6.45, 7) is 0. The number of fused-ring (bicyclic) bond motifs is 6. The normalized spacial score (nSPS) is 11.6. The van der Waals surface area contributed by atoms with Crippen molar-refractivity contribution in [2.75, 3.05) is 4.90 Å². The summed E-state index contributed by atoms with van der Waals surface area (Å²) >= 11 is 1.85. The van der Waals surface area contributed by atoms with Crippen molar-refractivity contribution in [1.29, 1.82) is 0 Å². The van der Waals surface area contributed by atoms with E-state index in [1.807, 2.05) is 17.4 Å². The quantitative estimate of drug-likeness (QED) is 0.197. The molecule has 0 aliphatic heterocycles. The summed E-state index contributed by atoms with van der Waals surface area (Å²) in [6.07, 6.45) is 0. The molecule has 3 heteroatoms. The average molecular weight is 594 g/mol. The number of anilines is 3. The first-order valence-electron chi connectivity index (χ1n) is 15.2. The van der Waals surface area contributed by atoms with E-state index in [1.165, 1.54) is 42.4 Å². The lowest BCUT2D eigenvalue weighted by atomic mass is 9.97. The molecule has 7 aromatic carbocycles. The molecule has 212 valence electrons. The molecule has 45 heavy (non-hydrogen) atoms. The van der Waals surface area contributed by atoms with Crippen LogP contribution in [0.15, 0.2) is 168 Å². The number of furan rings is 1. The third-order valence-corrected chi connectivity index (χ3v) is 9.83. The van der Waals surface area contributed by atoms with Crippen molar-refractivity contribution >= 4 is 70.5 Å². The van der Waals surface area contributed by atoms with Crippen molar-refractivity contribution < 1.29 is 4.42 Å². The van der Waals surface area contributed by atoms with Crippen LogP contribution in [0.2, 0.25) is 0 Å². The molecule has 2 aromatic heterocycles. The average Bonchev–Trinajstić information content (AvgIpc) is 3.69. The van der Waals surface area contributed by atoms with Crippen molar-refractivity contribution in [3.63, 3.8) is 0 Å². The van der Waals surface area contributed by atoms with E-state index < -0.39 is 0 Å². The van der Waals surface area contributed by atoms with Gasteiger partial charge in [0.1, 0.15) is 11.2 Å². The third kappa shape index (κ3) is 4.24. The van der Waals surface area contributed by atoms with Crippen LogP contribution in [0.25, 0.3) is 64.4 Å². The fourth-order valence-electron chi connectivity index (χ4n) is 6.66. The highest BCUT2D eigenvalue weighted by atomic mass is 32.1. The van der Waals surface area contributed by atoms with Crippen LogP contribution >= 0.6 is 11.3 Å². The first-order valence-corrected chi connectivity index (χ1v) is 16.0. The molecule has 2 nitrogen and oxygen atoms in total. The topological polar surface area (TPSA) is 16.4 Å². The summed E-state index contributed by atoms with van der Waals surface area (Å²) in [6, 6.07) is 58.4. The van der Waals surface area contributed by atoms with Gasteiger partial charge in [-0.1, -0.05) is 121 Å². The molecule has 0 atom stereocenters. The van der Waals surface area contributed by atoms with E-state index in [-0.39, 0.29) is 0 Å². The Morgan fingerprint density at radius 1 is 0.378 bits per heavy atom. The molecule has 0 saturated heterocycles. The summed E-state index contributed by atoms with van der Waals surface area (Å²) in [7, 11) is 0. The molecule has 2 heterocycles. The first-order chi connectivity index (χ1) is 22.3. The number of benzene rings is 7. The molecule has 9 aromatic rings. The predicted molar refractivity (Wildman–Crippen MR) is 192 cm³/mol. The smallest absolute Gasteiger partial charge is 0.137 e. The van der Waals surface area contributed by atoms with Gasteiger partial charge in [-0.05, 0) is 59.2 Å². The number of rotatable bonds is 5. The van der Waals surface area contributed by atoms with Gasteiger partial charge in [0.2, 0.25) is 0 Å². The van der Waals surface area contributed by atoms with E-state index in [4.69, 9.17) is 4.42 Å².